The van der Waals surface area contributed by atoms with Crippen molar-refractivity contribution in [2.45, 2.75) is 44.9 Å². The molecule has 1 aromatic carbocycles. The number of H-pyrrole nitrogens is 1. The summed E-state index contributed by atoms with van der Waals surface area (Å²) >= 11 is 3.47. The van der Waals surface area contributed by atoms with Crippen LogP contribution in [0.5, 0.6) is 0 Å². The van der Waals surface area contributed by atoms with E-state index in [0.29, 0.717) is 17.3 Å². The molecule has 2 aromatic heterocycles. The second-order valence-corrected chi connectivity index (χ2v) is 7.24. The van der Waals surface area contributed by atoms with E-state index in [1.165, 1.54) is 12.8 Å². The van der Waals surface area contributed by atoms with Gasteiger partial charge in [0.1, 0.15) is 5.82 Å². The molecule has 4 rings (SSSR count). The number of hydrogen-bond donors (Lipinski definition) is 1. The molecule has 1 saturated carbocycles. The highest BCUT2D eigenvalue weighted by atomic mass is 79.9. The van der Waals surface area contributed by atoms with Crippen molar-refractivity contribution in [3.05, 3.63) is 50.6 Å². The third-order valence-corrected chi connectivity index (χ3v) is 5.25. The number of halogens is 1. The molecule has 0 atom stereocenters. The van der Waals surface area contributed by atoms with Crippen molar-refractivity contribution in [1.82, 2.24) is 19.6 Å². The second kappa shape index (κ2) is 6.16. The van der Waals surface area contributed by atoms with Gasteiger partial charge in [0.25, 0.3) is 5.56 Å². The maximum atomic E-state index is 12.7. The lowest BCUT2D eigenvalue weighted by Crippen LogP contribution is -2.16. The smallest absolute Gasteiger partial charge is 0.277 e. The second-order valence-electron chi connectivity index (χ2n) is 6.33. The molecule has 0 saturated heterocycles. The summed E-state index contributed by atoms with van der Waals surface area (Å²) in [5.41, 5.74) is 2.20. The van der Waals surface area contributed by atoms with Crippen molar-refractivity contribution >= 4 is 21.4 Å². The summed E-state index contributed by atoms with van der Waals surface area (Å²) in [7, 11) is 0. The average Bonchev–Trinajstić information content (AvgIpc) is 3.22. The number of hydrogen-bond acceptors (Lipinski definition) is 3. The van der Waals surface area contributed by atoms with E-state index in [4.69, 9.17) is 10.1 Å². The Morgan fingerprint density at radius 2 is 2.12 bits per heavy atom. The van der Waals surface area contributed by atoms with E-state index < -0.39 is 0 Å². The van der Waals surface area contributed by atoms with Crippen LogP contribution in [0.1, 0.15) is 50.0 Å². The monoisotopic (exact) mass is 386 g/mol. The fraction of sp³-hybridized carbons (Fsp3) is 0.389. The molecule has 1 N–H and O–H groups in total. The SMILES string of the molecule is CCc1nc(C2CCCC2)n2nc(-c3cccc(Br)c3)[nH]c(=O)c12. The molecule has 124 valence electrons. The number of fused-ring (bicyclic) bond motifs is 1. The normalized spacial score (nSPS) is 15.4. The lowest BCUT2D eigenvalue weighted by atomic mass is 10.1. The molecule has 5 nitrogen and oxygen atoms in total. The first-order chi connectivity index (χ1) is 11.7. The molecule has 2 heterocycles. The standard InChI is InChI=1S/C18H19BrN4O/c1-2-14-15-18(24)21-16(12-8-5-9-13(19)10-12)22-23(15)17(20-14)11-6-3-4-7-11/h5,8-11H,2-4,6-7H2,1H3,(H,21,22,24). The van der Waals surface area contributed by atoms with Crippen LogP contribution in [-0.2, 0) is 6.42 Å². The third-order valence-electron chi connectivity index (χ3n) is 4.75. The van der Waals surface area contributed by atoms with Gasteiger partial charge in [0, 0.05) is 16.0 Å². The van der Waals surface area contributed by atoms with Gasteiger partial charge in [-0.25, -0.2) is 9.50 Å². The third kappa shape index (κ3) is 2.59. The van der Waals surface area contributed by atoms with E-state index in [-0.39, 0.29) is 5.56 Å². The van der Waals surface area contributed by atoms with E-state index in [9.17, 15) is 4.79 Å². The van der Waals surface area contributed by atoms with Gasteiger partial charge < -0.3 is 4.98 Å². The molecule has 1 aliphatic rings. The van der Waals surface area contributed by atoms with Crippen molar-refractivity contribution < 1.29 is 0 Å². The summed E-state index contributed by atoms with van der Waals surface area (Å²) in [5, 5.41) is 4.74. The summed E-state index contributed by atoms with van der Waals surface area (Å²) in [6.45, 7) is 2.03. The maximum absolute atomic E-state index is 12.7. The van der Waals surface area contributed by atoms with Gasteiger partial charge in [-0.15, -0.1) is 5.10 Å². The van der Waals surface area contributed by atoms with Gasteiger partial charge in [-0.05, 0) is 31.4 Å². The van der Waals surface area contributed by atoms with E-state index >= 15 is 0 Å². The zero-order chi connectivity index (χ0) is 16.7. The van der Waals surface area contributed by atoms with E-state index in [0.717, 1.165) is 40.8 Å². The summed E-state index contributed by atoms with van der Waals surface area (Å²) in [4.78, 5) is 20.4. The Morgan fingerprint density at radius 1 is 1.33 bits per heavy atom. The largest absolute Gasteiger partial charge is 0.303 e. The minimum absolute atomic E-state index is 0.117. The predicted molar refractivity (Wildman–Crippen MR) is 97.3 cm³/mol. The molecule has 1 aliphatic carbocycles. The number of nitrogens with zero attached hydrogens (tertiary/aromatic N) is 3. The molecular formula is C18H19BrN4O. The topological polar surface area (TPSA) is 63.1 Å². The Bertz CT molecular complexity index is 953. The van der Waals surface area contributed by atoms with Crippen molar-refractivity contribution in [1.29, 1.82) is 0 Å². The molecule has 24 heavy (non-hydrogen) atoms. The summed E-state index contributed by atoms with van der Waals surface area (Å²) in [6.07, 6.45) is 5.44. The van der Waals surface area contributed by atoms with Crippen LogP contribution < -0.4 is 5.56 Å². The van der Waals surface area contributed by atoms with Crippen LogP contribution in [0, 0.1) is 0 Å². The van der Waals surface area contributed by atoms with Crippen molar-refractivity contribution in [3.8, 4) is 11.4 Å². The van der Waals surface area contributed by atoms with Gasteiger partial charge >= 0.3 is 0 Å². The molecule has 0 bridgehead atoms. The first-order valence-corrected chi connectivity index (χ1v) is 9.24. The van der Waals surface area contributed by atoms with Gasteiger partial charge in [-0.3, -0.25) is 4.79 Å². The van der Waals surface area contributed by atoms with E-state index in [1.807, 2.05) is 31.2 Å². The van der Waals surface area contributed by atoms with Gasteiger partial charge in [0.2, 0.25) is 0 Å². The lowest BCUT2D eigenvalue weighted by Gasteiger charge is -2.08. The van der Waals surface area contributed by atoms with Crippen LogP contribution in [0.2, 0.25) is 0 Å². The number of imidazole rings is 1. The zero-order valence-electron chi connectivity index (χ0n) is 13.6. The van der Waals surface area contributed by atoms with Crippen LogP contribution in [0.4, 0.5) is 0 Å². The van der Waals surface area contributed by atoms with E-state index in [1.54, 1.807) is 4.52 Å². The Hall–Kier alpha value is -1.95. The van der Waals surface area contributed by atoms with Crippen molar-refractivity contribution in [3.63, 3.8) is 0 Å². The first-order valence-electron chi connectivity index (χ1n) is 8.45. The number of rotatable bonds is 3. The summed E-state index contributed by atoms with van der Waals surface area (Å²) in [5.74, 6) is 1.93. The fourth-order valence-electron chi connectivity index (χ4n) is 3.56. The molecule has 1 fully saturated rings. The Kier molecular flexibility index (Phi) is 4.00. The molecule has 0 amide bonds. The van der Waals surface area contributed by atoms with Gasteiger partial charge in [-0.1, -0.05) is 47.8 Å². The molecular weight excluding hydrogens is 368 g/mol. The van der Waals surface area contributed by atoms with Crippen LogP contribution in [0.25, 0.3) is 16.9 Å². The summed E-state index contributed by atoms with van der Waals surface area (Å²) < 4.78 is 2.75. The minimum Gasteiger partial charge on any atom is -0.303 e. The van der Waals surface area contributed by atoms with Crippen molar-refractivity contribution in [2.24, 2.45) is 0 Å². The molecule has 3 aromatic rings. The van der Waals surface area contributed by atoms with Gasteiger partial charge in [-0.2, -0.15) is 0 Å². The highest BCUT2D eigenvalue weighted by Crippen LogP contribution is 2.34. The average molecular weight is 387 g/mol. The van der Waals surface area contributed by atoms with Crippen LogP contribution >= 0.6 is 15.9 Å². The number of aryl methyl sites for hydroxylation is 1. The number of benzene rings is 1. The minimum atomic E-state index is -0.117. The zero-order valence-corrected chi connectivity index (χ0v) is 15.1. The number of aromatic amines is 1. The van der Waals surface area contributed by atoms with Crippen LogP contribution in [0.15, 0.2) is 33.5 Å². The first kappa shape index (κ1) is 15.6. The molecule has 0 unspecified atom stereocenters. The lowest BCUT2D eigenvalue weighted by molar-refractivity contribution is 0.639. The Balaban J connectivity index is 1.95. The Labute approximate surface area is 148 Å². The highest BCUT2D eigenvalue weighted by molar-refractivity contribution is 9.10. The fourth-order valence-corrected chi connectivity index (χ4v) is 3.96. The van der Waals surface area contributed by atoms with Crippen molar-refractivity contribution in [2.75, 3.05) is 0 Å². The molecule has 0 radical (unpaired) electrons. The molecule has 6 heteroatoms. The van der Waals surface area contributed by atoms with Gasteiger partial charge in [0.15, 0.2) is 11.3 Å². The van der Waals surface area contributed by atoms with Crippen LogP contribution in [0.3, 0.4) is 0 Å². The predicted octanol–water partition coefficient (Wildman–Crippen LogP) is 4.07. The van der Waals surface area contributed by atoms with Gasteiger partial charge in [0.05, 0.1) is 5.69 Å². The highest BCUT2D eigenvalue weighted by Gasteiger charge is 2.25. The van der Waals surface area contributed by atoms with Crippen LogP contribution in [-0.4, -0.2) is 19.6 Å². The number of aromatic nitrogens is 4. The molecule has 0 aliphatic heterocycles. The van der Waals surface area contributed by atoms with E-state index in [2.05, 4.69) is 20.9 Å². The quantitative estimate of drug-likeness (QED) is 0.737. The molecule has 0 spiro atoms. The maximum Gasteiger partial charge on any atom is 0.277 e. The number of nitrogens with one attached hydrogen (secondary N) is 1. The summed E-state index contributed by atoms with van der Waals surface area (Å²) in [6, 6.07) is 7.79. The Morgan fingerprint density at radius 3 is 2.83 bits per heavy atom.